The van der Waals surface area contributed by atoms with Crippen molar-refractivity contribution in [2.45, 2.75) is 6.54 Å². The van der Waals surface area contributed by atoms with Crippen LogP contribution in [0.1, 0.15) is 26.3 Å². The first kappa shape index (κ1) is 14.6. The Bertz CT molecular complexity index is 759. The lowest BCUT2D eigenvalue weighted by Crippen LogP contribution is -2.29. The van der Waals surface area contributed by atoms with Crippen LogP contribution in [0.4, 0.5) is 4.39 Å². The molecule has 3 rings (SSSR count). The Labute approximate surface area is 133 Å². The number of pyridine rings is 1. The molecule has 22 heavy (non-hydrogen) atoms. The van der Waals surface area contributed by atoms with Crippen molar-refractivity contribution < 1.29 is 18.7 Å². The maximum absolute atomic E-state index is 14.3. The van der Waals surface area contributed by atoms with Gasteiger partial charge in [-0.05, 0) is 28.1 Å². The van der Waals surface area contributed by atoms with E-state index in [-0.39, 0.29) is 18.0 Å². The van der Waals surface area contributed by atoms with Gasteiger partial charge in [0, 0.05) is 16.2 Å². The van der Waals surface area contributed by atoms with E-state index in [0.29, 0.717) is 15.6 Å². The molecule has 1 aromatic heterocycles. The molecule has 112 valence electrons. The van der Waals surface area contributed by atoms with Crippen molar-refractivity contribution in [2.75, 3.05) is 7.11 Å². The maximum atomic E-state index is 14.3. The number of rotatable bonds is 3. The van der Waals surface area contributed by atoms with Gasteiger partial charge in [0.25, 0.3) is 17.7 Å². The molecular formula is C15H10BrFN2O3. The van der Waals surface area contributed by atoms with Crippen LogP contribution in [0.25, 0.3) is 0 Å². The molecule has 1 aromatic carbocycles. The number of hydrogen-bond donors (Lipinski definition) is 0. The number of methoxy groups -OCH3 is 1. The molecule has 0 unspecified atom stereocenters. The highest BCUT2D eigenvalue weighted by atomic mass is 79.9. The number of carbonyl (C=O) groups excluding carboxylic acids is 2. The minimum Gasteiger partial charge on any atom is -0.479 e. The van der Waals surface area contributed by atoms with Gasteiger partial charge in [-0.25, -0.2) is 9.37 Å². The summed E-state index contributed by atoms with van der Waals surface area (Å²) in [5, 5.41) is 0. The van der Waals surface area contributed by atoms with E-state index in [9.17, 15) is 14.0 Å². The highest BCUT2D eigenvalue weighted by Crippen LogP contribution is 2.30. The molecule has 0 radical (unpaired) electrons. The minimum atomic E-state index is -0.701. The molecule has 0 N–H and O–H groups in total. The van der Waals surface area contributed by atoms with Crippen LogP contribution in [0.5, 0.6) is 5.88 Å². The third-order valence-corrected chi connectivity index (χ3v) is 4.11. The van der Waals surface area contributed by atoms with Gasteiger partial charge in [0.05, 0.1) is 24.8 Å². The molecule has 1 aliphatic rings. The van der Waals surface area contributed by atoms with Crippen LogP contribution in [0.15, 0.2) is 34.9 Å². The van der Waals surface area contributed by atoms with Gasteiger partial charge in [0.15, 0.2) is 5.82 Å². The van der Waals surface area contributed by atoms with Crippen molar-refractivity contribution in [3.8, 4) is 5.88 Å². The van der Waals surface area contributed by atoms with Crippen molar-refractivity contribution in [3.05, 3.63) is 57.4 Å². The van der Waals surface area contributed by atoms with Crippen molar-refractivity contribution in [1.82, 2.24) is 9.88 Å². The number of benzene rings is 1. The SMILES string of the molecule is COc1ncc(Br)c(CN2C(=O)c3ccccc3C2=O)c1F. The van der Waals surface area contributed by atoms with E-state index >= 15 is 0 Å². The minimum absolute atomic E-state index is 0.140. The zero-order valence-electron chi connectivity index (χ0n) is 11.5. The van der Waals surface area contributed by atoms with Gasteiger partial charge in [-0.1, -0.05) is 12.1 Å². The Hall–Kier alpha value is -2.28. The van der Waals surface area contributed by atoms with E-state index in [4.69, 9.17) is 4.74 Å². The molecule has 0 saturated carbocycles. The fourth-order valence-electron chi connectivity index (χ4n) is 2.31. The lowest BCUT2D eigenvalue weighted by Gasteiger charge is -2.16. The molecule has 5 nitrogen and oxygen atoms in total. The number of halogens is 2. The molecule has 2 aromatic rings. The summed E-state index contributed by atoms with van der Waals surface area (Å²) < 4.78 is 19.5. The monoisotopic (exact) mass is 364 g/mol. The van der Waals surface area contributed by atoms with E-state index in [1.807, 2.05) is 0 Å². The molecular weight excluding hydrogens is 355 g/mol. The predicted molar refractivity (Wildman–Crippen MR) is 79.1 cm³/mol. The summed E-state index contributed by atoms with van der Waals surface area (Å²) in [5.74, 6) is -1.77. The summed E-state index contributed by atoms with van der Waals surface area (Å²) in [4.78, 5) is 29.4. The van der Waals surface area contributed by atoms with Crippen LogP contribution < -0.4 is 4.74 Å². The van der Waals surface area contributed by atoms with E-state index in [2.05, 4.69) is 20.9 Å². The smallest absolute Gasteiger partial charge is 0.261 e. The maximum Gasteiger partial charge on any atom is 0.261 e. The van der Waals surface area contributed by atoms with Crippen LogP contribution in [0.2, 0.25) is 0 Å². The Morgan fingerprint density at radius 3 is 2.36 bits per heavy atom. The first-order valence-corrected chi connectivity index (χ1v) is 7.16. The first-order valence-electron chi connectivity index (χ1n) is 6.36. The quantitative estimate of drug-likeness (QED) is 0.785. The third kappa shape index (κ3) is 2.18. The second-order valence-electron chi connectivity index (χ2n) is 4.65. The summed E-state index contributed by atoms with van der Waals surface area (Å²) in [6.07, 6.45) is 1.37. The number of ether oxygens (including phenoxy) is 1. The van der Waals surface area contributed by atoms with Gasteiger partial charge in [-0.2, -0.15) is 0 Å². The molecule has 2 amide bonds. The van der Waals surface area contributed by atoms with E-state index in [1.54, 1.807) is 24.3 Å². The number of carbonyl (C=O) groups is 2. The summed E-state index contributed by atoms with van der Waals surface area (Å²) in [6, 6.07) is 6.52. The summed E-state index contributed by atoms with van der Waals surface area (Å²) in [6.45, 7) is -0.197. The van der Waals surface area contributed by atoms with Crippen LogP contribution in [-0.2, 0) is 6.54 Å². The molecule has 2 heterocycles. The third-order valence-electron chi connectivity index (χ3n) is 3.42. The fraction of sp³-hybridized carbons (Fsp3) is 0.133. The van der Waals surface area contributed by atoms with Gasteiger partial charge < -0.3 is 4.74 Å². The molecule has 0 bridgehead atoms. The van der Waals surface area contributed by atoms with Crippen LogP contribution in [0.3, 0.4) is 0 Å². The van der Waals surface area contributed by atoms with Crippen molar-refractivity contribution in [1.29, 1.82) is 0 Å². The average molecular weight is 365 g/mol. The van der Waals surface area contributed by atoms with Gasteiger partial charge >= 0.3 is 0 Å². The number of aromatic nitrogens is 1. The number of amides is 2. The topological polar surface area (TPSA) is 59.5 Å². The molecule has 0 spiro atoms. The highest BCUT2D eigenvalue weighted by Gasteiger charge is 2.36. The molecule has 7 heteroatoms. The number of imide groups is 1. The van der Waals surface area contributed by atoms with E-state index < -0.39 is 17.6 Å². The molecule has 1 aliphatic heterocycles. The van der Waals surface area contributed by atoms with Gasteiger partial charge in [0.1, 0.15) is 0 Å². The van der Waals surface area contributed by atoms with E-state index in [1.165, 1.54) is 13.3 Å². The van der Waals surface area contributed by atoms with Crippen LogP contribution in [-0.4, -0.2) is 28.8 Å². The Kier molecular flexibility index (Phi) is 3.66. The second kappa shape index (κ2) is 5.49. The summed E-state index contributed by atoms with van der Waals surface area (Å²) >= 11 is 3.19. The van der Waals surface area contributed by atoms with Gasteiger partial charge in [-0.3, -0.25) is 14.5 Å². The Morgan fingerprint density at radius 2 is 1.82 bits per heavy atom. The normalized spacial score (nSPS) is 13.5. The van der Waals surface area contributed by atoms with Crippen molar-refractivity contribution >= 4 is 27.7 Å². The summed E-state index contributed by atoms with van der Waals surface area (Å²) in [7, 11) is 1.30. The van der Waals surface area contributed by atoms with Crippen molar-refractivity contribution in [2.24, 2.45) is 0 Å². The predicted octanol–water partition coefficient (Wildman–Crippen LogP) is 2.79. The second-order valence-corrected chi connectivity index (χ2v) is 5.50. The molecule has 0 atom stereocenters. The molecule has 0 aliphatic carbocycles. The largest absolute Gasteiger partial charge is 0.479 e. The van der Waals surface area contributed by atoms with E-state index in [0.717, 1.165) is 4.90 Å². The lowest BCUT2D eigenvalue weighted by molar-refractivity contribution is 0.0640. The van der Waals surface area contributed by atoms with Crippen molar-refractivity contribution in [3.63, 3.8) is 0 Å². The Morgan fingerprint density at radius 1 is 1.23 bits per heavy atom. The zero-order valence-corrected chi connectivity index (χ0v) is 13.1. The molecule has 0 saturated heterocycles. The average Bonchev–Trinajstić information content (AvgIpc) is 2.76. The molecule has 0 fully saturated rings. The Balaban J connectivity index is 1.99. The number of hydrogen-bond acceptors (Lipinski definition) is 4. The number of fused-ring (bicyclic) bond motifs is 1. The fourth-order valence-corrected chi connectivity index (χ4v) is 2.71. The highest BCUT2D eigenvalue weighted by molar-refractivity contribution is 9.10. The van der Waals surface area contributed by atoms with Crippen LogP contribution in [0, 0.1) is 5.82 Å². The van der Waals surface area contributed by atoms with Gasteiger partial charge in [0.2, 0.25) is 0 Å². The standard InChI is InChI=1S/C15H10BrFN2O3/c1-22-13-12(17)10(11(16)6-18-13)7-19-14(20)8-4-2-3-5-9(8)15(19)21/h2-6H,7H2,1H3. The number of nitrogens with zero attached hydrogens (tertiary/aromatic N) is 2. The zero-order chi connectivity index (χ0) is 15.9. The summed E-state index contributed by atoms with van der Waals surface area (Å²) in [5.41, 5.74) is 0.788. The lowest BCUT2D eigenvalue weighted by atomic mass is 10.1. The first-order chi connectivity index (χ1) is 10.5. The van der Waals surface area contributed by atoms with Gasteiger partial charge in [-0.15, -0.1) is 0 Å². The van der Waals surface area contributed by atoms with Crippen LogP contribution >= 0.6 is 15.9 Å².